The molecule has 3 rings (SSSR count). The summed E-state index contributed by atoms with van der Waals surface area (Å²) < 4.78 is 0. The van der Waals surface area contributed by atoms with Crippen LogP contribution < -0.4 is 10.2 Å². The van der Waals surface area contributed by atoms with Crippen LogP contribution in [0.1, 0.15) is 45.4 Å². The standard InChI is InChI=1S/C19H24Cl2N2O2/c1-2-12-6-8-14(9-7-12)22-19(25)13-10-17(24)23(11-13)16-5-3-4-15(20)18(16)21/h3-5,12-14H,2,6-11H2,1H3,(H,22,25)/t12?,13-,14?/m1/s1. The van der Waals surface area contributed by atoms with Crippen LogP contribution >= 0.6 is 23.2 Å². The van der Waals surface area contributed by atoms with Crippen LogP contribution in [0.4, 0.5) is 5.69 Å². The van der Waals surface area contributed by atoms with Crippen molar-refractivity contribution in [3.05, 3.63) is 28.2 Å². The van der Waals surface area contributed by atoms with Gasteiger partial charge in [0.15, 0.2) is 0 Å². The summed E-state index contributed by atoms with van der Waals surface area (Å²) in [5.74, 6) is 0.362. The van der Waals surface area contributed by atoms with Crippen LogP contribution in [0.15, 0.2) is 18.2 Å². The number of carbonyl (C=O) groups is 2. The van der Waals surface area contributed by atoms with E-state index in [1.165, 1.54) is 19.3 Å². The van der Waals surface area contributed by atoms with Gasteiger partial charge in [-0.05, 0) is 43.7 Å². The minimum absolute atomic E-state index is 0.0195. The average molecular weight is 383 g/mol. The summed E-state index contributed by atoms with van der Waals surface area (Å²) in [5, 5.41) is 3.91. The molecule has 6 heteroatoms. The van der Waals surface area contributed by atoms with Gasteiger partial charge in [-0.1, -0.05) is 42.6 Å². The first-order chi connectivity index (χ1) is 12.0. The molecule has 136 valence electrons. The van der Waals surface area contributed by atoms with Gasteiger partial charge in [-0.15, -0.1) is 0 Å². The fraction of sp³-hybridized carbons (Fsp3) is 0.579. The molecule has 0 bridgehead atoms. The largest absolute Gasteiger partial charge is 0.353 e. The molecule has 0 radical (unpaired) electrons. The van der Waals surface area contributed by atoms with Gasteiger partial charge in [0.1, 0.15) is 0 Å². The smallest absolute Gasteiger partial charge is 0.227 e. The van der Waals surface area contributed by atoms with Crippen LogP contribution in [0.2, 0.25) is 10.0 Å². The molecule has 1 aliphatic heterocycles. The van der Waals surface area contributed by atoms with E-state index in [1.807, 2.05) is 0 Å². The summed E-state index contributed by atoms with van der Waals surface area (Å²) in [7, 11) is 0. The Balaban J connectivity index is 1.60. The van der Waals surface area contributed by atoms with Gasteiger partial charge in [-0.3, -0.25) is 9.59 Å². The highest BCUT2D eigenvalue weighted by Crippen LogP contribution is 2.36. The van der Waals surface area contributed by atoms with Crippen molar-refractivity contribution in [2.24, 2.45) is 11.8 Å². The Morgan fingerprint density at radius 2 is 1.96 bits per heavy atom. The third-order valence-corrected chi connectivity index (χ3v) is 6.30. The van der Waals surface area contributed by atoms with Gasteiger partial charge in [-0.2, -0.15) is 0 Å². The summed E-state index contributed by atoms with van der Waals surface area (Å²) in [5.41, 5.74) is 0.581. The molecule has 0 spiro atoms. The van der Waals surface area contributed by atoms with E-state index in [-0.39, 0.29) is 30.2 Å². The zero-order chi connectivity index (χ0) is 18.0. The van der Waals surface area contributed by atoms with E-state index in [4.69, 9.17) is 23.2 Å². The molecule has 1 aliphatic carbocycles. The highest BCUT2D eigenvalue weighted by atomic mass is 35.5. The molecule has 1 atom stereocenters. The van der Waals surface area contributed by atoms with Gasteiger partial charge in [-0.25, -0.2) is 0 Å². The topological polar surface area (TPSA) is 49.4 Å². The number of amides is 2. The molecule has 0 unspecified atom stereocenters. The molecule has 2 amide bonds. The molecule has 1 aromatic rings. The normalized spacial score (nSPS) is 26.8. The van der Waals surface area contributed by atoms with E-state index in [9.17, 15) is 9.59 Å². The van der Waals surface area contributed by atoms with Gasteiger partial charge in [0, 0.05) is 19.0 Å². The van der Waals surface area contributed by atoms with Crippen molar-refractivity contribution >= 4 is 40.7 Å². The fourth-order valence-corrected chi connectivity index (χ4v) is 4.25. The first-order valence-electron chi connectivity index (χ1n) is 9.04. The maximum Gasteiger partial charge on any atom is 0.227 e. The van der Waals surface area contributed by atoms with Gasteiger partial charge in [0.25, 0.3) is 0 Å². The summed E-state index contributed by atoms with van der Waals surface area (Å²) in [6.45, 7) is 2.58. The molecule has 25 heavy (non-hydrogen) atoms. The first-order valence-corrected chi connectivity index (χ1v) is 9.80. The van der Waals surface area contributed by atoms with Crippen molar-refractivity contribution in [2.45, 2.75) is 51.5 Å². The van der Waals surface area contributed by atoms with Crippen molar-refractivity contribution in [3.8, 4) is 0 Å². The zero-order valence-electron chi connectivity index (χ0n) is 14.4. The molecule has 1 saturated carbocycles. The molecule has 0 aromatic heterocycles. The Morgan fingerprint density at radius 1 is 1.24 bits per heavy atom. The minimum atomic E-state index is -0.327. The quantitative estimate of drug-likeness (QED) is 0.836. The third-order valence-electron chi connectivity index (χ3n) is 5.49. The molecular formula is C19H24Cl2N2O2. The van der Waals surface area contributed by atoms with Gasteiger partial charge in [0.05, 0.1) is 21.7 Å². The molecule has 1 N–H and O–H groups in total. The Kier molecular flexibility index (Phi) is 5.90. The van der Waals surface area contributed by atoms with Crippen molar-refractivity contribution in [1.82, 2.24) is 5.32 Å². The van der Waals surface area contributed by atoms with E-state index in [2.05, 4.69) is 12.2 Å². The summed E-state index contributed by atoms with van der Waals surface area (Å²) in [4.78, 5) is 26.5. The predicted molar refractivity (Wildman–Crippen MR) is 101 cm³/mol. The highest BCUT2D eigenvalue weighted by molar-refractivity contribution is 6.44. The molecular weight excluding hydrogens is 359 g/mol. The SMILES string of the molecule is CCC1CCC(NC(=O)[C@@H]2CC(=O)N(c3cccc(Cl)c3Cl)C2)CC1. The number of rotatable bonds is 4. The second kappa shape index (κ2) is 7.96. The lowest BCUT2D eigenvalue weighted by Crippen LogP contribution is -2.41. The lowest BCUT2D eigenvalue weighted by atomic mass is 9.84. The van der Waals surface area contributed by atoms with Crippen LogP contribution in [0, 0.1) is 11.8 Å². The summed E-state index contributed by atoms with van der Waals surface area (Å²) in [6.07, 6.45) is 5.86. The molecule has 2 fully saturated rings. The number of hydrogen-bond donors (Lipinski definition) is 1. The number of hydrogen-bond acceptors (Lipinski definition) is 2. The van der Waals surface area contributed by atoms with Crippen molar-refractivity contribution in [2.75, 3.05) is 11.4 Å². The zero-order valence-corrected chi connectivity index (χ0v) is 15.9. The van der Waals surface area contributed by atoms with E-state index in [0.29, 0.717) is 22.3 Å². The molecule has 1 heterocycles. The first kappa shape index (κ1) is 18.5. The lowest BCUT2D eigenvalue weighted by Gasteiger charge is -2.29. The van der Waals surface area contributed by atoms with Crippen molar-refractivity contribution in [3.63, 3.8) is 0 Å². The maximum absolute atomic E-state index is 12.6. The van der Waals surface area contributed by atoms with E-state index >= 15 is 0 Å². The lowest BCUT2D eigenvalue weighted by molar-refractivity contribution is -0.127. The van der Waals surface area contributed by atoms with E-state index < -0.39 is 0 Å². The van der Waals surface area contributed by atoms with Crippen LogP contribution in [-0.2, 0) is 9.59 Å². The van der Waals surface area contributed by atoms with E-state index in [1.54, 1.807) is 23.1 Å². The molecule has 2 aliphatic rings. The average Bonchev–Trinajstić information content (AvgIpc) is 3.00. The van der Waals surface area contributed by atoms with Crippen LogP contribution in [0.3, 0.4) is 0 Å². The van der Waals surface area contributed by atoms with Crippen LogP contribution in [-0.4, -0.2) is 24.4 Å². The monoisotopic (exact) mass is 382 g/mol. The Bertz CT molecular complexity index is 657. The molecule has 4 nitrogen and oxygen atoms in total. The fourth-order valence-electron chi connectivity index (χ4n) is 3.85. The van der Waals surface area contributed by atoms with Crippen molar-refractivity contribution < 1.29 is 9.59 Å². The molecule has 1 saturated heterocycles. The Hall–Kier alpha value is -1.26. The second-order valence-electron chi connectivity index (χ2n) is 7.11. The Morgan fingerprint density at radius 3 is 2.64 bits per heavy atom. The number of nitrogens with one attached hydrogen (secondary N) is 1. The van der Waals surface area contributed by atoms with Gasteiger partial charge >= 0.3 is 0 Å². The number of nitrogens with zero attached hydrogens (tertiary/aromatic N) is 1. The summed E-state index contributed by atoms with van der Waals surface area (Å²) in [6, 6.07) is 5.45. The molecule has 1 aromatic carbocycles. The predicted octanol–water partition coefficient (Wildman–Crippen LogP) is 4.43. The number of anilines is 1. The highest BCUT2D eigenvalue weighted by Gasteiger charge is 2.37. The van der Waals surface area contributed by atoms with Gasteiger partial charge in [0.2, 0.25) is 11.8 Å². The minimum Gasteiger partial charge on any atom is -0.353 e. The van der Waals surface area contributed by atoms with Crippen molar-refractivity contribution in [1.29, 1.82) is 0 Å². The Labute approximate surface area is 158 Å². The van der Waals surface area contributed by atoms with E-state index in [0.717, 1.165) is 18.8 Å². The third kappa shape index (κ3) is 4.12. The van der Waals surface area contributed by atoms with Crippen LogP contribution in [0.5, 0.6) is 0 Å². The maximum atomic E-state index is 12.6. The number of halogens is 2. The number of benzene rings is 1. The van der Waals surface area contributed by atoms with Gasteiger partial charge < -0.3 is 10.2 Å². The van der Waals surface area contributed by atoms with Crippen LogP contribution in [0.25, 0.3) is 0 Å². The number of carbonyl (C=O) groups excluding carboxylic acids is 2. The summed E-state index contributed by atoms with van der Waals surface area (Å²) >= 11 is 12.3. The second-order valence-corrected chi connectivity index (χ2v) is 7.90.